The Morgan fingerprint density at radius 1 is 1.03 bits per heavy atom. The van der Waals surface area contributed by atoms with Crippen molar-refractivity contribution in [3.63, 3.8) is 0 Å². The first-order valence-corrected chi connectivity index (χ1v) is 11.8. The second kappa shape index (κ2) is 11.5. The van der Waals surface area contributed by atoms with Gasteiger partial charge in [0.15, 0.2) is 5.82 Å². The number of halogens is 1. The van der Waals surface area contributed by atoms with Gasteiger partial charge in [-0.2, -0.15) is 4.98 Å². The third-order valence-electron chi connectivity index (χ3n) is 5.47. The number of hydrogen-bond donors (Lipinski definition) is 1. The summed E-state index contributed by atoms with van der Waals surface area (Å²) in [7, 11) is 1.63. The van der Waals surface area contributed by atoms with Gasteiger partial charge in [-0.25, -0.2) is 9.07 Å². The predicted molar refractivity (Wildman–Crippen MR) is 137 cm³/mol. The SMILES string of the molecule is COc1ccc(CCOc2nc(-c3ccccc3F)n(-c3ccc(NC(=O)CC(C)C)cc3)n2)cc1. The van der Waals surface area contributed by atoms with E-state index in [0.29, 0.717) is 42.2 Å². The Bertz CT molecular complexity index is 1300. The Morgan fingerprint density at radius 3 is 2.42 bits per heavy atom. The van der Waals surface area contributed by atoms with Crippen LogP contribution in [0.2, 0.25) is 0 Å². The number of methoxy groups -OCH3 is 1. The Hall–Kier alpha value is -4.20. The first kappa shape index (κ1) is 24.9. The number of carbonyl (C=O) groups is 1. The molecule has 0 saturated carbocycles. The Labute approximate surface area is 209 Å². The van der Waals surface area contributed by atoms with E-state index in [0.717, 1.165) is 11.3 Å². The lowest BCUT2D eigenvalue weighted by Crippen LogP contribution is -2.13. The number of ether oxygens (including phenoxy) is 2. The maximum atomic E-state index is 14.6. The van der Waals surface area contributed by atoms with E-state index >= 15 is 0 Å². The van der Waals surface area contributed by atoms with Crippen LogP contribution in [-0.2, 0) is 11.2 Å². The van der Waals surface area contributed by atoms with Gasteiger partial charge in [-0.05, 0) is 60.0 Å². The maximum absolute atomic E-state index is 14.6. The van der Waals surface area contributed by atoms with E-state index in [-0.39, 0.29) is 17.8 Å². The third kappa shape index (κ3) is 6.27. The van der Waals surface area contributed by atoms with Gasteiger partial charge in [0.25, 0.3) is 0 Å². The number of aromatic nitrogens is 3. The molecule has 0 aliphatic heterocycles. The molecule has 3 aromatic carbocycles. The van der Waals surface area contributed by atoms with Crippen molar-refractivity contribution < 1.29 is 18.7 Å². The van der Waals surface area contributed by atoms with Gasteiger partial charge < -0.3 is 14.8 Å². The van der Waals surface area contributed by atoms with E-state index in [1.54, 1.807) is 54.3 Å². The highest BCUT2D eigenvalue weighted by Crippen LogP contribution is 2.26. The lowest BCUT2D eigenvalue weighted by atomic mass is 10.1. The summed E-state index contributed by atoms with van der Waals surface area (Å²) in [5.74, 6) is 0.932. The van der Waals surface area contributed by atoms with Crippen LogP contribution in [-0.4, -0.2) is 34.4 Å². The molecule has 1 heterocycles. The van der Waals surface area contributed by atoms with Crippen LogP contribution in [0.1, 0.15) is 25.8 Å². The molecule has 0 radical (unpaired) electrons. The number of anilines is 1. The predicted octanol–water partition coefficient (Wildman–Crippen LogP) is 5.69. The minimum atomic E-state index is -0.409. The van der Waals surface area contributed by atoms with E-state index < -0.39 is 5.82 Å². The molecular formula is C28H29FN4O3. The first-order chi connectivity index (χ1) is 17.4. The van der Waals surface area contributed by atoms with Crippen molar-refractivity contribution in [3.8, 4) is 28.8 Å². The van der Waals surface area contributed by atoms with Crippen molar-refractivity contribution in [1.82, 2.24) is 14.8 Å². The second-order valence-corrected chi connectivity index (χ2v) is 8.75. The standard InChI is InChI=1S/C28H29FN4O3/c1-19(2)18-26(34)30-21-10-12-22(13-11-21)33-27(24-6-4-5-7-25(24)29)31-28(32-33)36-17-16-20-8-14-23(35-3)15-9-20/h4-15,19H,16-18H2,1-3H3,(H,30,34). The van der Waals surface area contributed by atoms with Crippen LogP contribution in [0.15, 0.2) is 72.8 Å². The molecule has 186 valence electrons. The maximum Gasteiger partial charge on any atom is 0.336 e. The zero-order valence-electron chi connectivity index (χ0n) is 20.6. The fourth-order valence-electron chi connectivity index (χ4n) is 3.67. The summed E-state index contributed by atoms with van der Waals surface area (Å²) in [6.45, 7) is 4.34. The van der Waals surface area contributed by atoms with Gasteiger partial charge in [-0.15, -0.1) is 5.10 Å². The van der Waals surface area contributed by atoms with E-state index in [9.17, 15) is 9.18 Å². The van der Waals surface area contributed by atoms with E-state index in [1.807, 2.05) is 38.1 Å². The number of carbonyl (C=O) groups excluding carboxylic acids is 1. The second-order valence-electron chi connectivity index (χ2n) is 8.75. The summed E-state index contributed by atoms with van der Waals surface area (Å²) in [6, 6.07) is 21.4. The van der Waals surface area contributed by atoms with Gasteiger partial charge in [0.05, 0.1) is 25.0 Å². The van der Waals surface area contributed by atoms with E-state index in [2.05, 4.69) is 15.4 Å². The van der Waals surface area contributed by atoms with Crippen LogP contribution in [0.3, 0.4) is 0 Å². The summed E-state index contributed by atoms with van der Waals surface area (Å²) in [5, 5.41) is 7.38. The summed E-state index contributed by atoms with van der Waals surface area (Å²) in [4.78, 5) is 16.6. The highest BCUT2D eigenvalue weighted by molar-refractivity contribution is 5.90. The molecule has 0 aliphatic carbocycles. The molecule has 1 amide bonds. The fourth-order valence-corrected chi connectivity index (χ4v) is 3.67. The molecule has 1 aromatic heterocycles. The first-order valence-electron chi connectivity index (χ1n) is 11.8. The van der Waals surface area contributed by atoms with Crippen LogP contribution >= 0.6 is 0 Å². The Balaban J connectivity index is 1.54. The Kier molecular flexibility index (Phi) is 7.95. The molecule has 8 heteroatoms. The lowest BCUT2D eigenvalue weighted by Gasteiger charge is -2.09. The molecule has 0 unspecified atom stereocenters. The average molecular weight is 489 g/mol. The summed E-state index contributed by atoms with van der Waals surface area (Å²) in [5.41, 5.74) is 2.73. The molecule has 36 heavy (non-hydrogen) atoms. The highest BCUT2D eigenvalue weighted by atomic mass is 19.1. The normalized spacial score (nSPS) is 10.9. The van der Waals surface area contributed by atoms with Crippen LogP contribution in [0.5, 0.6) is 11.8 Å². The molecule has 4 aromatic rings. The van der Waals surface area contributed by atoms with Gasteiger partial charge >= 0.3 is 6.01 Å². The van der Waals surface area contributed by atoms with Crippen LogP contribution in [0.4, 0.5) is 10.1 Å². The van der Waals surface area contributed by atoms with E-state index in [4.69, 9.17) is 9.47 Å². The molecule has 7 nitrogen and oxygen atoms in total. The van der Waals surface area contributed by atoms with Crippen molar-refractivity contribution in [2.45, 2.75) is 26.7 Å². The summed E-state index contributed by atoms with van der Waals surface area (Å²) in [6.07, 6.45) is 1.10. The van der Waals surface area contributed by atoms with Crippen molar-refractivity contribution in [1.29, 1.82) is 0 Å². The number of nitrogens with one attached hydrogen (secondary N) is 1. The summed E-state index contributed by atoms with van der Waals surface area (Å²) >= 11 is 0. The quantitative estimate of drug-likeness (QED) is 0.310. The zero-order chi connectivity index (χ0) is 25.5. The Morgan fingerprint density at radius 2 is 1.75 bits per heavy atom. The van der Waals surface area contributed by atoms with Crippen molar-refractivity contribution in [3.05, 3.63) is 84.2 Å². The van der Waals surface area contributed by atoms with Gasteiger partial charge in [-0.3, -0.25) is 4.79 Å². The van der Waals surface area contributed by atoms with Gasteiger partial charge in [0.2, 0.25) is 5.91 Å². The topological polar surface area (TPSA) is 78.3 Å². The summed E-state index contributed by atoms with van der Waals surface area (Å²) < 4.78 is 27.2. The zero-order valence-corrected chi connectivity index (χ0v) is 20.6. The van der Waals surface area contributed by atoms with Crippen molar-refractivity contribution >= 4 is 11.6 Å². The van der Waals surface area contributed by atoms with Gasteiger partial charge in [0, 0.05) is 18.5 Å². The lowest BCUT2D eigenvalue weighted by molar-refractivity contribution is -0.116. The number of rotatable bonds is 10. The molecule has 4 rings (SSSR count). The highest BCUT2D eigenvalue weighted by Gasteiger charge is 2.18. The monoisotopic (exact) mass is 488 g/mol. The third-order valence-corrected chi connectivity index (χ3v) is 5.47. The molecule has 1 N–H and O–H groups in total. The minimum Gasteiger partial charge on any atom is -0.497 e. The molecule has 0 saturated heterocycles. The molecule has 0 aliphatic rings. The number of hydrogen-bond acceptors (Lipinski definition) is 5. The molecule has 0 bridgehead atoms. The molecule has 0 spiro atoms. The van der Waals surface area contributed by atoms with Crippen LogP contribution in [0.25, 0.3) is 17.1 Å². The molecule has 0 fully saturated rings. The van der Waals surface area contributed by atoms with E-state index in [1.165, 1.54) is 6.07 Å². The van der Waals surface area contributed by atoms with Crippen LogP contribution in [0, 0.1) is 11.7 Å². The smallest absolute Gasteiger partial charge is 0.336 e. The van der Waals surface area contributed by atoms with Gasteiger partial charge in [0.1, 0.15) is 11.6 Å². The number of nitrogens with zero attached hydrogens (tertiary/aromatic N) is 3. The number of amides is 1. The van der Waals surface area contributed by atoms with Crippen LogP contribution < -0.4 is 14.8 Å². The molecule has 0 atom stereocenters. The van der Waals surface area contributed by atoms with Gasteiger partial charge in [-0.1, -0.05) is 38.1 Å². The van der Waals surface area contributed by atoms with Crippen molar-refractivity contribution in [2.24, 2.45) is 5.92 Å². The largest absolute Gasteiger partial charge is 0.497 e. The van der Waals surface area contributed by atoms with Crippen molar-refractivity contribution in [2.75, 3.05) is 19.0 Å². The fraction of sp³-hybridized carbons (Fsp3) is 0.250. The molecular weight excluding hydrogens is 459 g/mol. The number of benzene rings is 3. The minimum absolute atomic E-state index is 0.0434. The average Bonchev–Trinajstić information content (AvgIpc) is 3.28.